The van der Waals surface area contributed by atoms with Crippen LogP contribution in [0.25, 0.3) is 0 Å². The summed E-state index contributed by atoms with van der Waals surface area (Å²) in [5.41, 5.74) is 1.94. The fraction of sp³-hybridized carbons (Fsp3) is 0.421. The Bertz CT molecular complexity index is 737. The number of ether oxygens (including phenoxy) is 1. The van der Waals surface area contributed by atoms with Crippen molar-refractivity contribution in [2.45, 2.75) is 38.8 Å². The van der Waals surface area contributed by atoms with Gasteiger partial charge in [0.25, 0.3) is 5.91 Å². The quantitative estimate of drug-likeness (QED) is 0.936. The molecule has 1 aliphatic heterocycles. The van der Waals surface area contributed by atoms with Crippen molar-refractivity contribution in [2.75, 3.05) is 13.7 Å². The maximum atomic E-state index is 12.9. The van der Waals surface area contributed by atoms with Gasteiger partial charge in [0.1, 0.15) is 11.5 Å². The number of amides is 1. The van der Waals surface area contributed by atoms with Gasteiger partial charge in [-0.25, -0.2) is 0 Å². The highest BCUT2D eigenvalue weighted by Gasteiger charge is 2.37. The normalized spacial score (nSPS) is 20.4. The maximum Gasteiger partial charge on any atom is 0.290 e. The number of aryl methyl sites for hydroxylation is 2. The Morgan fingerprint density at radius 3 is 2.88 bits per heavy atom. The van der Waals surface area contributed by atoms with E-state index in [-0.39, 0.29) is 11.9 Å². The van der Waals surface area contributed by atoms with Crippen molar-refractivity contribution >= 4 is 5.91 Å². The van der Waals surface area contributed by atoms with E-state index in [1.807, 2.05) is 38.1 Å². The second-order valence-electron chi connectivity index (χ2n) is 6.21. The van der Waals surface area contributed by atoms with Gasteiger partial charge < -0.3 is 19.2 Å². The highest BCUT2D eigenvalue weighted by Crippen LogP contribution is 2.35. The Balaban J connectivity index is 1.90. The second-order valence-corrected chi connectivity index (χ2v) is 6.21. The van der Waals surface area contributed by atoms with Crippen LogP contribution in [0.5, 0.6) is 5.75 Å². The Labute approximate surface area is 141 Å². The number of likely N-dealkylation sites (tertiary alicyclic amines) is 1. The molecule has 5 nitrogen and oxygen atoms in total. The highest BCUT2D eigenvalue weighted by molar-refractivity contribution is 5.92. The predicted molar refractivity (Wildman–Crippen MR) is 90.2 cm³/mol. The van der Waals surface area contributed by atoms with Crippen LogP contribution in [0.1, 0.15) is 46.8 Å². The van der Waals surface area contributed by atoms with Crippen LogP contribution in [0.2, 0.25) is 0 Å². The lowest BCUT2D eigenvalue weighted by molar-refractivity contribution is 0.0682. The number of carbonyl (C=O) groups is 1. The molecule has 0 bridgehead atoms. The first kappa shape index (κ1) is 16.6. The monoisotopic (exact) mass is 329 g/mol. The predicted octanol–water partition coefficient (Wildman–Crippen LogP) is 3.11. The number of carbonyl (C=O) groups excluding carboxylic acids is 1. The molecule has 0 aliphatic carbocycles. The molecule has 128 valence electrons. The molecule has 0 unspecified atom stereocenters. The van der Waals surface area contributed by atoms with E-state index in [9.17, 15) is 9.90 Å². The number of nitrogens with zero attached hydrogens (tertiary/aromatic N) is 1. The number of β-amino-alcohol motifs (C(OH)–C–C–N with tert-alkyl or cyclic N) is 1. The molecule has 1 saturated heterocycles. The van der Waals surface area contributed by atoms with Gasteiger partial charge in [-0.2, -0.15) is 0 Å². The number of methoxy groups -OCH3 is 1. The smallest absolute Gasteiger partial charge is 0.290 e. The van der Waals surface area contributed by atoms with Crippen LogP contribution in [0, 0.1) is 6.92 Å². The molecular weight excluding hydrogens is 306 g/mol. The van der Waals surface area contributed by atoms with Gasteiger partial charge in [-0.3, -0.25) is 4.79 Å². The van der Waals surface area contributed by atoms with E-state index in [4.69, 9.17) is 9.15 Å². The summed E-state index contributed by atoms with van der Waals surface area (Å²) in [4.78, 5) is 14.6. The van der Waals surface area contributed by atoms with Crippen molar-refractivity contribution in [3.05, 3.63) is 53.0 Å². The zero-order valence-corrected chi connectivity index (χ0v) is 14.3. The largest absolute Gasteiger partial charge is 0.497 e. The van der Waals surface area contributed by atoms with Gasteiger partial charge in [0.15, 0.2) is 5.76 Å². The molecule has 5 heteroatoms. The highest BCUT2D eigenvalue weighted by atomic mass is 16.5. The summed E-state index contributed by atoms with van der Waals surface area (Å²) in [5.74, 6) is 1.73. The van der Waals surface area contributed by atoms with E-state index in [0.717, 1.165) is 29.1 Å². The summed E-state index contributed by atoms with van der Waals surface area (Å²) in [7, 11) is 1.61. The summed E-state index contributed by atoms with van der Waals surface area (Å²) >= 11 is 0. The minimum atomic E-state index is -0.535. The molecular formula is C19H23NO4. The van der Waals surface area contributed by atoms with Gasteiger partial charge in [0.2, 0.25) is 0 Å². The van der Waals surface area contributed by atoms with E-state index in [0.29, 0.717) is 18.7 Å². The van der Waals surface area contributed by atoms with Crippen LogP contribution in [-0.4, -0.2) is 35.7 Å². The zero-order chi connectivity index (χ0) is 17.3. The molecule has 3 rings (SSSR count). The van der Waals surface area contributed by atoms with Crippen molar-refractivity contribution in [2.24, 2.45) is 0 Å². The molecule has 1 aromatic carbocycles. The molecule has 24 heavy (non-hydrogen) atoms. The molecule has 0 saturated carbocycles. The summed E-state index contributed by atoms with van der Waals surface area (Å²) in [6, 6.07) is 9.23. The third kappa shape index (κ3) is 3.04. The van der Waals surface area contributed by atoms with Crippen molar-refractivity contribution in [3.63, 3.8) is 0 Å². The van der Waals surface area contributed by atoms with E-state index < -0.39 is 6.10 Å². The number of hydrogen-bond acceptors (Lipinski definition) is 4. The van der Waals surface area contributed by atoms with Crippen LogP contribution < -0.4 is 4.74 Å². The summed E-state index contributed by atoms with van der Waals surface area (Å²) in [6.07, 6.45) is 0.729. The second kappa shape index (κ2) is 6.69. The minimum absolute atomic E-state index is 0.179. The first-order chi connectivity index (χ1) is 11.5. The first-order valence-corrected chi connectivity index (χ1v) is 8.25. The molecule has 1 aliphatic rings. The maximum absolute atomic E-state index is 12.9. The lowest BCUT2D eigenvalue weighted by atomic mass is 10.0. The molecule has 1 amide bonds. The molecule has 1 aromatic heterocycles. The Morgan fingerprint density at radius 1 is 1.42 bits per heavy atom. The lowest BCUT2D eigenvalue weighted by Gasteiger charge is -2.24. The topological polar surface area (TPSA) is 62.9 Å². The lowest BCUT2D eigenvalue weighted by Crippen LogP contribution is -2.31. The molecule has 0 radical (unpaired) electrons. The van der Waals surface area contributed by atoms with Crippen molar-refractivity contribution in [1.29, 1.82) is 0 Å². The van der Waals surface area contributed by atoms with Crippen LogP contribution in [0.4, 0.5) is 0 Å². The Hall–Kier alpha value is -2.27. The standard InChI is InChI=1S/C19H23NO4/c1-4-17-12(2)8-18(24-17)19(22)20-11-14(21)10-16(20)13-6-5-7-15(9-13)23-3/h5-9,14,16,21H,4,10-11H2,1-3H3/t14-,16+/m1/s1. The molecule has 0 spiro atoms. The van der Waals surface area contributed by atoms with E-state index >= 15 is 0 Å². The first-order valence-electron chi connectivity index (χ1n) is 8.25. The van der Waals surface area contributed by atoms with E-state index in [1.54, 1.807) is 18.1 Å². The average molecular weight is 329 g/mol. The summed E-state index contributed by atoms with van der Waals surface area (Å²) < 4.78 is 11.0. The summed E-state index contributed by atoms with van der Waals surface area (Å²) in [5, 5.41) is 10.1. The average Bonchev–Trinajstić information content (AvgIpc) is 3.17. The molecule has 1 fully saturated rings. The van der Waals surface area contributed by atoms with Crippen molar-refractivity contribution < 1.29 is 19.1 Å². The molecule has 2 atom stereocenters. The molecule has 2 aromatic rings. The SMILES string of the molecule is CCc1oc(C(=O)N2C[C@H](O)C[C@H]2c2cccc(OC)c2)cc1C. The number of rotatable bonds is 4. The third-order valence-corrected chi connectivity index (χ3v) is 4.57. The van der Waals surface area contributed by atoms with Crippen LogP contribution in [-0.2, 0) is 6.42 Å². The van der Waals surface area contributed by atoms with Gasteiger partial charge in [-0.1, -0.05) is 19.1 Å². The molecule has 2 heterocycles. The fourth-order valence-corrected chi connectivity index (χ4v) is 3.32. The molecule has 1 N–H and O–H groups in total. The van der Waals surface area contributed by atoms with E-state index in [1.165, 1.54) is 0 Å². The number of benzene rings is 1. The minimum Gasteiger partial charge on any atom is -0.497 e. The summed E-state index contributed by atoms with van der Waals surface area (Å²) in [6.45, 7) is 4.25. The van der Waals surface area contributed by atoms with Crippen LogP contribution >= 0.6 is 0 Å². The number of aliphatic hydroxyl groups excluding tert-OH is 1. The fourth-order valence-electron chi connectivity index (χ4n) is 3.32. The number of furan rings is 1. The number of hydrogen-bond donors (Lipinski definition) is 1. The zero-order valence-electron chi connectivity index (χ0n) is 14.3. The third-order valence-electron chi connectivity index (χ3n) is 4.57. The van der Waals surface area contributed by atoms with Gasteiger partial charge in [0, 0.05) is 13.0 Å². The van der Waals surface area contributed by atoms with Gasteiger partial charge >= 0.3 is 0 Å². The van der Waals surface area contributed by atoms with Gasteiger partial charge in [0.05, 0.1) is 19.3 Å². The Kier molecular flexibility index (Phi) is 4.62. The Morgan fingerprint density at radius 2 is 2.21 bits per heavy atom. The van der Waals surface area contributed by atoms with Gasteiger partial charge in [-0.05, 0) is 42.7 Å². The van der Waals surface area contributed by atoms with E-state index in [2.05, 4.69) is 0 Å². The van der Waals surface area contributed by atoms with Gasteiger partial charge in [-0.15, -0.1) is 0 Å². The van der Waals surface area contributed by atoms with Crippen molar-refractivity contribution in [3.8, 4) is 5.75 Å². The van der Waals surface area contributed by atoms with Crippen LogP contribution in [0.3, 0.4) is 0 Å². The van der Waals surface area contributed by atoms with Crippen molar-refractivity contribution in [1.82, 2.24) is 4.90 Å². The number of aliphatic hydroxyl groups is 1. The van der Waals surface area contributed by atoms with Crippen LogP contribution in [0.15, 0.2) is 34.7 Å².